The molecule has 2 saturated carbocycles. The van der Waals surface area contributed by atoms with Crippen molar-refractivity contribution in [2.75, 3.05) is 6.54 Å². The Labute approximate surface area is 84.3 Å². The van der Waals surface area contributed by atoms with E-state index in [-0.39, 0.29) is 0 Å². The summed E-state index contributed by atoms with van der Waals surface area (Å²) in [6, 6.07) is 0.759. The molecule has 3 heteroatoms. The summed E-state index contributed by atoms with van der Waals surface area (Å²) < 4.78 is 2.48. The fourth-order valence-electron chi connectivity index (χ4n) is 2.16. The summed E-state index contributed by atoms with van der Waals surface area (Å²) in [6.45, 7) is 0.716. The van der Waals surface area contributed by atoms with Gasteiger partial charge >= 0.3 is 0 Å². The molecule has 0 aliphatic heterocycles. The van der Waals surface area contributed by atoms with Crippen LogP contribution in [0, 0.1) is 0 Å². The van der Waals surface area contributed by atoms with Crippen LogP contribution in [0.1, 0.15) is 49.2 Å². The molecule has 2 aliphatic carbocycles. The van der Waals surface area contributed by atoms with E-state index in [1.807, 2.05) is 0 Å². The molecule has 0 atom stereocenters. The minimum absolute atomic E-state index is 0.716. The van der Waals surface area contributed by atoms with Crippen molar-refractivity contribution in [3.8, 4) is 0 Å². The Bertz CT molecular complexity index is 334. The molecular formula is C11H17N3. The maximum atomic E-state index is 5.60. The average Bonchev–Trinajstić information content (AvgIpc) is 3.07. The summed E-state index contributed by atoms with van der Waals surface area (Å²) in [5, 5.41) is 0. The fraction of sp³-hybridized carbons (Fsp3) is 0.727. The van der Waals surface area contributed by atoms with Gasteiger partial charge < -0.3 is 10.3 Å². The van der Waals surface area contributed by atoms with Crippen LogP contribution < -0.4 is 5.73 Å². The molecule has 76 valence electrons. The van der Waals surface area contributed by atoms with E-state index in [0.717, 1.165) is 18.4 Å². The highest BCUT2D eigenvalue weighted by Gasteiger charge is 2.34. The maximum absolute atomic E-state index is 5.60. The molecule has 0 radical (unpaired) electrons. The van der Waals surface area contributed by atoms with Gasteiger partial charge in [-0.25, -0.2) is 4.98 Å². The monoisotopic (exact) mass is 191 g/mol. The SMILES string of the molecule is NCCc1ncc(C2CC2)n1C1CC1. The van der Waals surface area contributed by atoms with Gasteiger partial charge in [0.15, 0.2) is 0 Å². The number of rotatable bonds is 4. The van der Waals surface area contributed by atoms with E-state index in [2.05, 4.69) is 15.7 Å². The minimum Gasteiger partial charge on any atom is -0.330 e. The number of nitrogens with zero attached hydrogens (tertiary/aromatic N) is 2. The van der Waals surface area contributed by atoms with Gasteiger partial charge in [-0.1, -0.05) is 0 Å². The molecule has 2 aliphatic rings. The molecule has 0 aromatic carbocycles. The lowest BCUT2D eigenvalue weighted by Gasteiger charge is -2.09. The van der Waals surface area contributed by atoms with Crippen molar-refractivity contribution < 1.29 is 0 Å². The highest BCUT2D eigenvalue weighted by molar-refractivity contribution is 5.19. The number of imidazole rings is 1. The predicted octanol–water partition coefficient (Wildman–Crippen LogP) is 1.60. The molecule has 1 aromatic rings. The highest BCUT2D eigenvalue weighted by Crippen LogP contribution is 2.45. The van der Waals surface area contributed by atoms with Crippen LogP contribution in [0.25, 0.3) is 0 Å². The molecule has 14 heavy (non-hydrogen) atoms. The fourth-order valence-corrected chi connectivity index (χ4v) is 2.16. The van der Waals surface area contributed by atoms with E-state index < -0.39 is 0 Å². The Morgan fingerprint density at radius 2 is 2.14 bits per heavy atom. The van der Waals surface area contributed by atoms with E-state index in [4.69, 9.17) is 5.73 Å². The summed E-state index contributed by atoms with van der Waals surface area (Å²) in [6.07, 6.45) is 8.42. The Kier molecular flexibility index (Phi) is 1.87. The van der Waals surface area contributed by atoms with Crippen molar-refractivity contribution in [1.29, 1.82) is 0 Å². The quantitative estimate of drug-likeness (QED) is 0.785. The molecule has 0 saturated heterocycles. The van der Waals surface area contributed by atoms with Gasteiger partial charge in [-0.05, 0) is 32.2 Å². The van der Waals surface area contributed by atoms with Crippen molar-refractivity contribution >= 4 is 0 Å². The van der Waals surface area contributed by atoms with Crippen molar-refractivity contribution in [3.05, 3.63) is 17.7 Å². The summed E-state index contributed by atoms with van der Waals surface area (Å²) in [7, 11) is 0. The molecule has 1 heterocycles. The molecule has 3 rings (SSSR count). The molecule has 2 N–H and O–H groups in total. The lowest BCUT2D eigenvalue weighted by molar-refractivity contribution is 0.645. The zero-order valence-electron chi connectivity index (χ0n) is 8.45. The number of nitrogens with two attached hydrogens (primary N) is 1. The van der Waals surface area contributed by atoms with Crippen LogP contribution in [0.2, 0.25) is 0 Å². The topological polar surface area (TPSA) is 43.8 Å². The van der Waals surface area contributed by atoms with Crippen LogP contribution in [0.4, 0.5) is 0 Å². The van der Waals surface area contributed by atoms with E-state index in [1.54, 1.807) is 0 Å². The zero-order valence-corrected chi connectivity index (χ0v) is 8.45. The third-order valence-electron chi connectivity index (χ3n) is 3.18. The van der Waals surface area contributed by atoms with Gasteiger partial charge in [-0.3, -0.25) is 0 Å². The van der Waals surface area contributed by atoms with Crippen molar-refractivity contribution in [3.63, 3.8) is 0 Å². The summed E-state index contributed by atoms with van der Waals surface area (Å²) in [5.74, 6) is 2.03. The first kappa shape index (κ1) is 8.48. The molecule has 0 amide bonds. The van der Waals surface area contributed by atoms with E-state index in [9.17, 15) is 0 Å². The second-order valence-corrected chi connectivity index (χ2v) is 4.51. The number of hydrogen-bond donors (Lipinski definition) is 1. The Morgan fingerprint density at radius 1 is 1.36 bits per heavy atom. The van der Waals surface area contributed by atoms with Crippen LogP contribution in [-0.4, -0.2) is 16.1 Å². The zero-order chi connectivity index (χ0) is 9.54. The van der Waals surface area contributed by atoms with Gasteiger partial charge in [-0.2, -0.15) is 0 Å². The maximum Gasteiger partial charge on any atom is 0.110 e. The molecule has 1 aromatic heterocycles. The van der Waals surface area contributed by atoms with Gasteiger partial charge in [0.2, 0.25) is 0 Å². The van der Waals surface area contributed by atoms with Gasteiger partial charge in [-0.15, -0.1) is 0 Å². The third-order valence-corrected chi connectivity index (χ3v) is 3.18. The first-order valence-corrected chi connectivity index (χ1v) is 5.66. The standard InChI is InChI=1S/C11H17N3/c12-6-5-11-13-7-10(8-1-2-8)14(11)9-3-4-9/h7-9H,1-6,12H2. The van der Waals surface area contributed by atoms with Crippen LogP contribution in [0.3, 0.4) is 0 Å². The second-order valence-electron chi connectivity index (χ2n) is 4.51. The number of aromatic nitrogens is 2. The van der Waals surface area contributed by atoms with Crippen molar-refractivity contribution in [1.82, 2.24) is 9.55 Å². The van der Waals surface area contributed by atoms with E-state index >= 15 is 0 Å². The van der Waals surface area contributed by atoms with Gasteiger partial charge in [0.25, 0.3) is 0 Å². The summed E-state index contributed by atoms with van der Waals surface area (Å²) in [4.78, 5) is 4.51. The first-order chi connectivity index (χ1) is 6.90. The van der Waals surface area contributed by atoms with Crippen LogP contribution in [-0.2, 0) is 6.42 Å². The summed E-state index contributed by atoms with van der Waals surface area (Å²) in [5.41, 5.74) is 7.08. The highest BCUT2D eigenvalue weighted by atomic mass is 15.1. The Morgan fingerprint density at radius 3 is 2.71 bits per heavy atom. The largest absolute Gasteiger partial charge is 0.330 e. The van der Waals surface area contributed by atoms with Gasteiger partial charge in [0.05, 0.1) is 0 Å². The van der Waals surface area contributed by atoms with E-state index in [1.165, 1.54) is 37.2 Å². The van der Waals surface area contributed by atoms with Crippen LogP contribution in [0.15, 0.2) is 6.20 Å². The van der Waals surface area contributed by atoms with E-state index in [0.29, 0.717) is 6.54 Å². The molecular weight excluding hydrogens is 174 g/mol. The van der Waals surface area contributed by atoms with Crippen molar-refractivity contribution in [2.24, 2.45) is 5.73 Å². The third kappa shape index (κ3) is 1.36. The molecule has 2 fully saturated rings. The average molecular weight is 191 g/mol. The Balaban J connectivity index is 1.94. The van der Waals surface area contributed by atoms with Gasteiger partial charge in [0.1, 0.15) is 5.82 Å². The molecule has 0 spiro atoms. The Hall–Kier alpha value is -0.830. The lowest BCUT2D eigenvalue weighted by atomic mass is 10.3. The van der Waals surface area contributed by atoms with Crippen molar-refractivity contribution in [2.45, 2.75) is 44.1 Å². The molecule has 0 bridgehead atoms. The van der Waals surface area contributed by atoms with Crippen LogP contribution >= 0.6 is 0 Å². The molecule has 0 unspecified atom stereocenters. The molecule has 3 nitrogen and oxygen atoms in total. The predicted molar refractivity (Wildman–Crippen MR) is 55.2 cm³/mol. The smallest absolute Gasteiger partial charge is 0.110 e. The first-order valence-electron chi connectivity index (χ1n) is 5.66. The summed E-state index contributed by atoms with van der Waals surface area (Å²) >= 11 is 0. The van der Waals surface area contributed by atoms with Crippen LogP contribution in [0.5, 0.6) is 0 Å². The second kappa shape index (κ2) is 3.09. The lowest BCUT2D eigenvalue weighted by Crippen LogP contribution is -2.10. The number of hydrogen-bond acceptors (Lipinski definition) is 2. The van der Waals surface area contributed by atoms with Gasteiger partial charge in [0, 0.05) is 30.3 Å². The minimum atomic E-state index is 0.716. The normalized spacial score (nSPS) is 21.5.